The van der Waals surface area contributed by atoms with Crippen LogP contribution in [0.2, 0.25) is 0 Å². The number of hydrogen-bond donors (Lipinski definition) is 2. The van der Waals surface area contributed by atoms with E-state index in [-0.39, 0.29) is 5.91 Å². The largest absolute Gasteiger partial charge is 0.355 e. The van der Waals surface area contributed by atoms with Crippen molar-refractivity contribution in [3.63, 3.8) is 0 Å². The minimum Gasteiger partial charge on any atom is -0.355 e. The van der Waals surface area contributed by atoms with E-state index in [1.807, 2.05) is 60.7 Å². The van der Waals surface area contributed by atoms with Crippen molar-refractivity contribution in [1.29, 1.82) is 0 Å². The van der Waals surface area contributed by atoms with Gasteiger partial charge in [-0.2, -0.15) is 5.10 Å². The number of rotatable bonds is 5. The van der Waals surface area contributed by atoms with E-state index in [1.54, 1.807) is 19.4 Å². The molecule has 0 aliphatic carbocycles. The van der Waals surface area contributed by atoms with Gasteiger partial charge >= 0.3 is 0 Å². The van der Waals surface area contributed by atoms with Crippen LogP contribution in [-0.4, -0.2) is 33.1 Å². The Kier molecular flexibility index (Phi) is 5.16. The second kappa shape index (κ2) is 8.06. The predicted molar refractivity (Wildman–Crippen MR) is 111 cm³/mol. The number of pyridine rings is 2. The summed E-state index contributed by atoms with van der Waals surface area (Å²) in [4.78, 5) is 22.7. The third kappa shape index (κ3) is 3.79. The first-order valence-corrected chi connectivity index (χ1v) is 9.48. The number of aromatic amines is 1. The fourth-order valence-electron chi connectivity index (χ4n) is 2.72. The minimum atomic E-state index is -0.111. The highest BCUT2D eigenvalue weighted by Crippen LogP contribution is 2.31. The van der Waals surface area contributed by atoms with Crippen LogP contribution in [-0.2, 0) is 0 Å². The summed E-state index contributed by atoms with van der Waals surface area (Å²) in [5.41, 5.74) is 3.87. The van der Waals surface area contributed by atoms with Gasteiger partial charge in [-0.15, -0.1) is 0 Å². The lowest BCUT2D eigenvalue weighted by atomic mass is 10.2. The summed E-state index contributed by atoms with van der Waals surface area (Å²) in [6.07, 6.45) is 7.34. The van der Waals surface area contributed by atoms with Crippen molar-refractivity contribution < 1.29 is 4.79 Å². The maximum Gasteiger partial charge on any atom is 0.252 e. The maximum absolute atomic E-state index is 12.1. The third-order valence-corrected chi connectivity index (χ3v) is 5.12. The van der Waals surface area contributed by atoms with Crippen molar-refractivity contribution in [1.82, 2.24) is 25.5 Å². The molecule has 0 unspecified atom stereocenters. The van der Waals surface area contributed by atoms with E-state index >= 15 is 0 Å². The molecule has 3 heterocycles. The first-order chi connectivity index (χ1) is 13.7. The maximum atomic E-state index is 12.1. The van der Waals surface area contributed by atoms with E-state index in [1.165, 1.54) is 11.8 Å². The van der Waals surface area contributed by atoms with Crippen LogP contribution in [0.4, 0.5) is 0 Å². The summed E-state index contributed by atoms with van der Waals surface area (Å²) in [7, 11) is 1.63. The standard InChI is InChI=1S/C21H17N5OS/c1-22-21(27)16-7-2-3-8-19(16)28-15-12-18-20(24-13-15)17(25-26-18)10-9-14-6-4-5-11-23-14/h2-13H,1H3,(H,22,27)(H,25,26)/b10-9+. The van der Waals surface area contributed by atoms with Gasteiger partial charge in [-0.3, -0.25) is 19.9 Å². The van der Waals surface area contributed by atoms with Crippen LogP contribution < -0.4 is 5.32 Å². The topological polar surface area (TPSA) is 83.6 Å². The zero-order valence-corrected chi connectivity index (χ0v) is 15.9. The van der Waals surface area contributed by atoms with Crippen LogP contribution in [0.1, 0.15) is 21.7 Å². The van der Waals surface area contributed by atoms with Gasteiger partial charge in [0.15, 0.2) is 0 Å². The Morgan fingerprint density at radius 2 is 1.96 bits per heavy atom. The monoisotopic (exact) mass is 387 g/mol. The Hall–Kier alpha value is -3.45. The molecule has 0 bridgehead atoms. The van der Waals surface area contributed by atoms with Gasteiger partial charge in [0.2, 0.25) is 0 Å². The number of nitrogens with one attached hydrogen (secondary N) is 2. The first-order valence-electron chi connectivity index (χ1n) is 8.67. The van der Waals surface area contributed by atoms with Gasteiger partial charge in [-0.25, -0.2) is 0 Å². The molecule has 6 nitrogen and oxygen atoms in total. The van der Waals surface area contributed by atoms with Gasteiger partial charge in [-0.1, -0.05) is 30.0 Å². The van der Waals surface area contributed by atoms with Gasteiger partial charge in [-0.05, 0) is 42.5 Å². The average molecular weight is 387 g/mol. The Bertz CT molecular complexity index is 1150. The van der Waals surface area contributed by atoms with Gasteiger partial charge in [0, 0.05) is 29.2 Å². The highest BCUT2D eigenvalue weighted by atomic mass is 32.2. The van der Waals surface area contributed by atoms with Gasteiger partial charge in [0.05, 0.1) is 16.8 Å². The number of carbonyl (C=O) groups excluding carboxylic acids is 1. The normalized spacial score (nSPS) is 11.2. The smallest absolute Gasteiger partial charge is 0.252 e. The highest BCUT2D eigenvalue weighted by Gasteiger charge is 2.12. The first kappa shape index (κ1) is 17.9. The van der Waals surface area contributed by atoms with Crippen molar-refractivity contribution in [3.05, 3.63) is 77.9 Å². The van der Waals surface area contributed by atoms with Crippen molar-refractivity contribution in [2.45, 2.75) is 9.79 Å². The molecule has 0 aliphatic heterocycles. The molecule has 4 aromatic rings. The van der Waals surface area contributed by atoms with E-state index in [4.69, 9.17) is 0 Å². The Balaban J connectivity index is 1.60. The van der Waals surface area contributed by atoms with E-state index in [2.05, 4.69) is 25.5 Å². The summed E-state index contributed by atoms with van der Waals surface area (Å²) in [5, 5.41) is 10.0. The number of H-pyrrole nitrogens is 1. The highest BCUT2D eigenvalue weighted by molar-refractivity contribution is 7.99. The van der Waals surface area contributed by atoms with Gasteiger partial charge < -0.3 is 5.32 Å². The molecule has 0 atom stereocenters. The molecule has 3 aromatic heterocycles. The lowest BCUT2D eigenvalue weighted by molar-refractivity contribution is 0.0960. The van der Waals surface area contributed by atoms with E-state index in [0.29, 0.717) is 5.56 Å². The molecule has 138 valence electrons. The second-order valence-corrected chi connectivity index (χ2v) is 7.06. The molecule has 28 heavy (non-hydrogen) atoms. The number of nitrogens with zero attached hydrogens (tertiary/aromatic N) is 3. The molecule has 4 rings (SSSR count). The Labute approximate surface area is 166 Å². The lowest BCUT2D eigenvalue weighted by Gasteiger charge is -2.07. The number of carbonyl (C=O) groups is 1. The Morgan fingerprint density at radius 3 is 2.79 bits per heavy atom. The van der Waals surface area contributed by atoms with Gasteiger partial charge in [0.1, 0.15) is 11.2 Å². The predicted octanol–water partition coefficient (Wildman–Crippen LogP) is 4.03. The molecule has 0 fully saturated rings. The molecule has 2 N–H and O–H groups in total. The zero-order valence-electron chi connectivity index (χ0n) is 15.1. The Morgan fingerprint density at radius 1 is 1.11 bits per heavy atom. The molecule has 1 amide bonds. The summed E-state index contributed by atoms with van der Waals surface area (Å²) in [6.45, 7) is 0. The number of fused-ring (bicyclic) bond motifs is 1. The molecule has 0 saturated carbocycles. The van der Waals surface area contributed by atoms with Crippen molar-refractivity contribution >= 4 is 40.9 Å². The van der Waals surface area contributed by atoms with E-state index in [0.717, 1.165) is 32.2 Å². The van der Waals surface area contributed by atoms with Crippen LogP contribution in [0.15, 0.2) is 70.7 Å². The molecule has 0 spiro atoms. The molecule has 0 saturated heterocycles. The fraction of sp³-hybridized carbons (Fsp3) is 0.0476. The van der Waals surface area contributed by atoms with Crippen molar-refractivity contribution in [3.8, 4) is 0 Å². The zero-order chi connectivity index (χ0) is 19.3. The van der Waals surface area contributed by atoms with Crippen LogP contribution >= 0.6 is 11.8 Å². The molecular weight excluding hydrogens is 370 g/mol. The van der Waals surface area contributed by atoms with Crippen LogP contribution in [0.5, 0.6) is 0 Å². The summed E-state index contributed by atoms with van der Waals surface area (Å²) in [6, 6.07) is 15.2. The minimum absolute atomic E-state index is 0.111. The molecule has 0 aliphatic rings. The van der Waals surface area contributed by atoms with Crippen LogP contribution in [0.25, 0.3) is 23.2 Å². The van der Waals surface area contributed by atoms with Crippen molar-refractivity contribution in [2.75, 3.05) is 7.05 Å². The summed E-state index contributed by atoms with van der Waals surface area (Å²) < 4.78 is 0. The number of amides is 1. The quantitative estimate of drug-likeness (QED) is 0.540. The van der Waals surface area contributed by atoms with Crippen LogP contribution in [0, 0.1) is 0 Å². The second-order valence-electron chi connectivity index (χ2n) is 5.94. The SMILES string of the molecule is CNC(=O)c1ccccc1Sc1cnc2c(/C=C/c3ccccn3)n[nH]c2c1. The number of benzene rings is 1. The molecular formula is C21H17N5OS. The van der Waals surface area contributed by atoms with E-state index in [9.17, 15) is 4.79 Å². The number of hydrogen-bond acceptors (Lipinski definition) is 5. The average Bonchev–Trinajstić information content (AvgIpc) is 3.15. The van der Waals surface area contributed by atoms with E-state index < -0.39 is 0 Å². The van der Waals surface area contributed by atoms with Gasteiger partial charge in [0.25, 0.3) is 5.91 Å². The summed E-state index contributed by atoms with van der Waals surface area (Å²) in [5.74, 6) is -0.111. The van der Waals surface area contributed by atoms with Crippen LogP contribution in [0.3, 0.4) is 0 Å². The van der Waals surface area contributed by atoms with Crippen molar-refractivity contribution in [2.24, 2.45) is 0 Å². The molecule has 0 radical (unpaired) electrons. The summed E-state index contributed by atoms with van der Waals surface area (Å²) >= 11 is 1.49. The third-order valence-electron chi connectivity index (χ3n) is 4.09. The lowest BCUT2D eigenvalue weighted by Crippen LogP contribution is -2.18. The fourth-order valence-corrected chi connectivity index (χ4v) is 3.68. The molecule has 7 heteroatoms. The number of aromatic nitrogens is 4. The molecule has 1 aromatic carbocycles.